The van der Waals surface area contributed by atoms with Crippen molar-refractivity contribution in [2.24, 2.45) is 0 Å². The van der Waals surface area contributed by atoms with E-state index in [0.717, 1.165) is 23.2 Å². The maximum absolute atomic E-state index is 12.0. The molecule has 2 heterocycles. The van der Waals surface area contributed by atoms with Gasteiger partial charge in [-0.3, -0.25) is 4.98 Å². The highest BCUT2D eigenvalue weighted by Crippen LogP contribution is 2.20. The quantitative estimate of drug-likeness (QED) is 0.841. The van der Waals surface area contributed by atoms with E-state index in [-0.39, 0.29) is 11.8 Å². The van der Waals surface area contributed by atoms with Crippen LogP contribution in [-0.2, 0) is 10.0 Å². The molecule has 0 saturated carbocycles. The highest BCUT2D eigenvalue weighted by Gasteiger charge is 2.18. The second kappa shape index (κ2) is 7.61. The SMILES string of the molecule is CCCCS(=O)(=O)N[C@@H](C)c1cnc(-c2ccncc2)nc1C. The second-order valence-corrected chi connectivity index (χ2v) is 7.36. The lowest BCUT2D eigenvalue weighted by atomic mass is 10.1. The maximum Gasteiger partial charge on any atom is 0.212 e. The summed E-state index contributed by atoms with van der Waals surface area (Å²) in [5.74, 6) is 0.748. The molecule has 0 unspecified atom stereocenters. The zero-order valence-corrected chi connectivity index (χ0v) is 14.5. The number of pyridine rings is 1. The highest BCUT2D eigenvalue weighted by molar-refractivity contribution is 7.89. The van der Waals surface area contributed by atoms with E-state index in [4.69, 9.17) is 0 Å². The van der Waals surface area contributed by atoms with E-state index in [1.165, 1.54) is 0 Å². The summed E-state index contributed by atoms with van der Waals surface area (Å²) in [5.41, 5.74) is 2.42. The van der Waals surface area contributed by atoms with Gasteiger partial charge in [-0.15, -0.1) is 0 Å². The largest absolute Gasteiger partial charge is 0.265 e. The van der Waals surface area contributed by atoms with Crippen molar-refractivity contribution in [3.8, 4) is 11.4 Å². The number of sulfonamides is 1. The summed E-state index contributed by atoms with van der Waals surface area (Å²) in [6.07, 6.45) is 6.56. The van der Waals surface area contributed by atoms with Crippen molar-refractivity contribution in [3.05, 3.63) is 42.0 Å². The van der Waals surface area contributed by atoms with E-state index in [0.29, 0.717) is 12.2 Å². The fourth-order valence-corrected chi connectivity index (χ4v) is 3.72. The summed E-state index contributed by atoms with van der Waals surface area (Å²) in [6.45, 7) is 5.63. The first kappa shape index (κ1) is 17.5. The van der Waals surface area contributed by atoms with Gasteiger partial charge in [-0.25, -0.2) is 23.1 Å². The van der Waals surface area contributed by atoms with Crippen LogP contribution < -0.4 is 4.72 Å². The predicted octanol–water partition coefficient (Wildman–Crippen LogP) is 2.63. The average Bonchev–Trinajstić information content (AvgIpc) is 2.53. The van der Waals surface area contributed by atoms with Gasteiger partial charge in [0.25, 0.3) is 0 Å². The van der Waals surface area contributed by atoms with Crippen LogP contribution in [0, 0.1) is 6.92 Å². The fraction of sp³-hybridized carbons (Fsp3) is 0.438. The van der Waals surface area contributed by atoms with Crippen molar-refractivity contribution in [1.29, 1.82) is 0 Å². The lowest BCUT2D eigenvalue weighted by Gasteiger charge is -2.16. The second-order valence-electron chi connectivity index (χ2n) is 5.48. The van der Waals surface area contributed by atoms with Crippen LogP contribution in [0.5, 0.6) is 0 Å². The Bertz CT molecular complexity index is 748. The number of hydrogen-bond acceptors (Lipinski definition) is 5. The minimum atomic E-state index is -3.28. The predicted molar refractivity (Wildman–Crippen MR) is 90.2 cm³/mol. The van der Waals surface area contributed by atoms with Crippen molar-refractivity contribution in [2.45, 2.75) is 39.7 Å². The molecule has 6 nitrogen and oxygen atoms in total. The summed E-state index contributed by atoms with van der Waals surface area (Å²) >= 11 is 0. The molecular formula is C16H22N4O2S. The van der Waals surface area contributed by atoms with Crippen molar-refractivity contribution in [3.63, 3.8) is 0 Å². The molecule has 0 aliphatic heterocycles. The Hall–Kier alpha value is -1.86. The zero-order chi connectivity index (χ0) is 16.9. The molecule has 0 saturated heterocycles. The summed E-state index contributed by atoms with van der Waals surface area (Å²) in [6, 6.07) is 3.32. The molecule has 7 heteroatoms. The van der Waals surface area contributed by atoms with Crippen LogP contribution >= 0.6 is 0 Å². The van der Waals surface area contributed by atoms with Gasteiger partial charge in [-0.1, -0.05) is 13.3 Å². The molecule has 0 radical (unpaired) electrons. The first-order chi connectivity index (χ1) is 10.9. The van der Waals surface area contributed by atoms with Crippen molar-refractivity contribution in [2.75, 3.05) is 5.75 Å². The van der Waals surface area contributed by atoms with Crippen LogP contribution in [0.1, 0.15) is 44.0 Å². The van der Waals surface area contributed by atoms with E-state index in [1.807, 2.05) is 26.0 Å². The normalized spacial score (nSPS) is 13.0. The Labute approximate surface area is 137 Å². The molecule has 2 rings (SSSR count). The molecule has 0 bridgehead atoms. The van der Waals surface area contributed by atoms with Crippen LogP contribution in [0.2, 0.25) is 0 Å². The first-order valence-corrected chi connectivity index (χ1v) is 9.32. The molecule has 2 aromatic rings. The van der Waals surface area contributed by atoms with Gasteiger partial charge < -0.3 is 0 Å². The third-order valence-electron chi connectivity index (χ3n) is 3.55. The number of aryl methyl sites for hydroxylation is 1. The van der Waals surface area contributed by atoms with Crippen molar-refractivity contribution >= 4 is 10.0 Å². The number of aromatic nitrogens is 3. The lowest BCUT2D eigenvalue weighted by Crippen LogP contribution is -2.29. The topological polar surface area (TPSA) is 84.8 Å². The number of hydrogen-bond donors (Lipinski definition) is 1. The van der Waals surface area contributed by atoms with Gasteiger partial charge in [0.05, 0.1) is 5.75 Å². The molecular weight excluding hydrogens is 312 g/mol. The molecule has 0 amide bonds. The lowest BCUT2D eigenvalue weighted by molar-refractivity contribution is 0.562. The minimum Gasteiger partial charge on any atom is -0.265 e. The fourth-order valence-electron chi connectivity index (χ4n) is 2.27. The Kier molecular flexibility index (Phi) is 5.79. The van der Waals surface area contributed by atoms with Gasteiger partial charge in [0.15, 0.2) is 5.82 Å². The summed E-state index contributed by atoms with van der Waals surface area (Å²) < 4.78 is 26.7. The Morgan fingerprint density at radius 1 is 1.26 bits per heavy atom. The molecule has 1 atom stereocenters. The zero-order valence-electron chi connectivity index (χ0n) is 13.7. The number of rotatable bonds is 7. The van der Waals surface area contributed by atoms with Gasteiger partial charge >= 0.3 is 0 Å². The molecule has 1 N–H and O–H groups in total. The van der Waals surface area contributed by atoms with Crippen molar-refractivity contribution in [1.82, 2.24) is 19.7 Å². The number of unbranched alkanes of at least 4 members (excludes halogenated alkanes) is 1. The molecule has 0 spiro atoms. The number of nitrogens with one attached hydrogen (secondary N) is 1. The Morgan fingerprint density at radius 3 is 2.57 bits per heavy atom. The van der Waals surface area contributed by atoms with E-state index < -0.39 is 10.0 Å². The van der Waals surface area contributed by atoms with Crippen LogP contribution in [0.25, 0.3) is 11.4 Å². The maximum atomic E-state index is 12.0. The van der Waals surface area contributed by atoms with Crippen LogP contribution in [0.4, 0.5) is 0 Å². The van der Waals surface area contributed by atoms with E-state index in [2.05, 4.69) is 19.7 Å². The van der Waals surface area contributed by atoms with E-state index in [1.54, 1.807) is 25.5 Å². The molecule has 2 aromatic heterocycles. The summed E-state index contributed by atoms with van der Waals surface area (Å²) in [4.78, 5) is 12.8. The van der Waals surface area contributed by atoms with E-state index in [9.17, 15) is 8.42 Å². The minimum absolute atomic E-state index is 0.142. The first-order valence-electron chi connectivity index (χ1n) is 7.67. The third kappa shape index (κ3) is 4.80. The number of nitrogens with zero attached hydrogens (tertiary/aromatic N) is 3. The standard InChI is InChI=1S/C16H22N4O2S/c1-4-5-10-23(21,22)20-13(3)15-11-18-16(19-12(15)2)14-6-8-17-9-7-14/h6-9,11,13,20H,4-5,10H2,1-3H3/t13-/m0/s1. The van der Waals surface area contributed by atoms with Gasteiger partial charge in [-0.2, -0.15) is 0 Å². The summed E-state index contributed by atoms with van der Waals surface area (Å²) in [5, 5.41) is 0. The third-order valence-corrected chi connectivity index (χ3v) is 5.08. The van der Waals surface area contributed by atoms with Crippen LogP contribution in [0.15, 0.2) is 30.7 Å². The molecule has 23 heavy (non-hydrogen) atoms. The molecule has 0 aliphatic carbocycles. The smallest absolute Gasteiger partial charge is 0.212 e. The monoisotopic (exact) mass is 334 g/mol. The van der Waals surface area contributed by atoms with Gasteiger partial charge in [0.1, 0.15) is 0 Å². The highest BCUT2D eigenvalue weighted by atomic mass is 32.2. The molecule has 0 aromatic carbocycles. The Morgan fingerprint density at radius 2 is 1.96 bits per heavy atom. The summed E-state index contributed by atoms with van der Waals surface area (Å²) in [7, 11) is -3.28. The van der Waals surface area contributed by atoms with Gasteiger partial charge in [-0.05, 0) is 32.4 Å². The van der Waals surface area contributed by atoms with Crippen molar-refractivity contribution < 1.29 is 8.42 Å². The molecule has 0 fully saturated rings. The Balaban J connectivity index is 2.17. The van der Waals surface area contributed by atoms with E-state index >= 15 is 0 Å². The molecule has 0 aliphatic rings. The van der Waals surface area contributed by atoms with Crippen LogP contribution in [0.3, 0.4) is 0 Å². The van der Waals surface area contributed by atoms with Gasteiger partial charge in [0.2, 0.25) is 10.0 Å². The average molecular weight is 334 g/mol. The van der Waals surface area contributed by atoms with Gasteiger partial charge in [0, 0.05) is 41.5 Å². The molecule has 124 valence electrons. The van der Waals surface area contributed by atoms with Crippen LogP contribution in [-0.4, -0.2) is 29.1 Å².